The van der Waals surface area contributed by atoms with E-state index in [0.29, 0.717) is 11.4 Å². The third-order valence-corrected chi connectivity index (χ3v) is 3.30. The van der Waals surface area contributed by atoms with E-state index in [1.807, 2.05) is 6.07 Å². The van der Waals surface area contributed by atoms with Crippen molar-refractivity contribution in [2.45, 2.75) is 6.92 Å². The van der Waals surface area contributed by atoms with Crippen LogP contribution in [-0.2, 0) is 7.05 Å². The molecule has 18 heavy (non-hydrogen) atoms. The second-order valence-corrected chi connectivity index (χ2v) is 4.62. The number of anilines is 1. The standard InChI is InChI=1S/C12H11BrN2O3/c1-7-10(12(17)18-15(7)2)11(16)14-9-6-4-3-5-8(9)13/h3-6H,1-2H3,(H,14,16). The second kappa shape index (κ2) is 4.81. The Bertz CT molecular complexity index is 658. The molecular weight excluding hydrogens is 300 g/mol. The molecule has 0 aliphatic carbocycles. The first-order valence-electron chi connectivity index (χ1n) is 5.23. The third-order valence-electron chi connectivity index (χ3n) is 2.61. The molecule has 0 aliphatic rings. The quantitative estimate of drug-likeness (QED) is 0.925. The van der Waals surface area contributed by atoms with Gasteiger partial charge in [-0.2, -0.15) is 0 Å². The zero-order valence-corrected chi connectivity index (χ0v) is 11.4. The Kier molecular flexibility index (Phi) is 3.38. The largest absolute Gasteiger partial charge is 0.370 e. The topological polar surface area (TPSA) is 64.2 Å². The van der Waals surface area contributed by atoms with Crippen LogP contribution in [0.2, 0.25) is 0 Å². The summed E-state index contributed by atoms with van der Waals surface area (Å²) in [6.07, 6.45) is 0. The predicted octanol–water partition coefficient (Wildman–Crippen LogP) is 2.30. The molecule has 2 rings (SSSR count). The number of halogens is 1. The van der Waals surface area contributed by atoms with Crippen LogP contribution in [0.3, 0.4) is 0 Å². The Morgan fingerprint density at radius 1 is 1.39 bits per heavy atom. The van der Waals surface area contributed by atoms with Crippen molar-refractivity contribution < 1.29 is 9.32 Å². The van der Waals surface area contributed by atoms with Crippen molar-refractivity contribution in [3.8, 4) is 0 Å². The minimum absolute atomic E-state index is 0.0215. The van der Waals surface area contributed by atoms with Crippen molar-refractivity contribution in [1.29, 1.82) is 0 Å². The van der Waals surface area contributed by atoms with Crippen LogP contribution in [0.1, 0.15) is 16.1 Å². The van der Waals surface area contributed by atoms with Gasteiger partial charge in [0.2, 0.25) is 0 Å². The van der Waals surface area contributed by atoms with Crippen LogP contribution in [0.25, 0.3) is 0 Å². The number of amides is 1. The van der Waals surface area contributed by atoms with Crippen molar-refractivity contribution in [3.63, 3.8) is 0 Å². The van der Waals surface area contributed by atoms with Gasteiger partial charge in [0.15, 0.2) is 0 Å². The average Bonchev–Trinajstić information content (AvgIpc) is 2.56. The highest BCUT2D eigenvalue weighted by Crippen LogP contribution is 2.21. The number of aromatic nitrogens is 1. The van der Waals surface area contributed by atoms with Crippen molar-refractivity contribution in [1.82, 2.24) is 4.74 Å². The van der Waals surface area contributed by atoms with Gasteiger partial charge in [0.25, 0.3) is 5.91 Å². The van der Waals surface area contributed by atoms with Crippen LogP contribution < -0.4 is 10.9 Å². The maximum Gasteiger partial charge on any atom is 0.370 e. The minimum atomic E-state index is -0.639. The van der Waals surface area contributed by atoms with Gasteiger partial charge in [-0.3, -0.25) is 4.79 Å². The van der Waals surface area contributed by atoms with Gasteiger partial charge in [-0.25, -0.2) is 9.53 Å². The lowest BCUT2D eigenvalue weighted by Crippen LogP contribution is -2.19. The Morgan fingerprint density at radius 2 is 2.06 bits per heavy atom. The number of hydrogen-bond donors (Lipinski definition) is 1. The smallest absolute Gasteiger partial charge is 0.336 e. The number of carbonyl (C=O) groups is 1. The zero-order valence-electron chi connectivity index (χ0n) is 9.86. The second-order valence-electron chi connectivity index (χ2n) is 3.77. The van der Waals surface area contributed by atoms with Gasteiger partial charge >= 0.3 is 5.63 Å². The number of aryl methyl sites for hydroxylation is 1. The van der Waals surface area contributed by atoms with Gasteiger partial charge in [-0.1, -0.05) is 12.1 Å². The van der Waals surface area contributed by atoms with Gasteiger partial charge < -0.3 is 9.84 Å². The highest BCUT2D eigenvalue weighted by molar-refractivity contribution is 9.10. The van der Waals surface area contributed by atoms with Crippen molar-refractivity contribution in [2.75, 3.05) is 5.32 Å². The summed E-state index contributed by atoms with van der Waals surface area (Å²) in [5.74, 6) is -0.478. The predicted molar refractivity (Wildman–Crippen MR) is 70.8 cm³/mol. The Morgan fingerprint density at radius 3 is 2.61 bits per heavy atom. The molecule has 1 aromatic carbocycles. The van der Waals surface area contributed by atoms with E-state index in [1.165, 1.54) is 4.74 Å². The number of hydrogen-bond acceptors (Lipinski definition) is 3. The number of carbonyl (C=O) groups excluding carboxylic acids is 1. The maximum atomic E-state index is 12.0. The van der Waals surface area contributed by atoms with Crippen molar-refractivity contribution in [2.24, 2.45) is 7.05 Å². The molecule has 2 aromatic rings. The first kappa shape index (κ1) is 12.6. The van der Waals surface area contributed by atoms with Crippen LogP contribution in [0.5, 0.6) is 0 Å². The Balaban J connectivity index is 2.34. The van der Waals surface area contributed by atoms with Gasteiger partial charge in [-0.15, -0.1) is 0 Å². The Hall–Kier alpha value is -1.82. The SMILES string of the molecule is Cc1c(C(=O)Nc2ccccc2Br)c(=O)on1C. The highest BCUT2D eigenvalue weighted by atomic mass is 79.9. The van der Waals surface area contributed by atoms with E-state index in [-0.39, 0.29) is 5.56 Å². The number of nitrogens with zero attached hydrogens (tertiary/aromatic N) is 1. The summed E-state index contributed by atoms with van der Waals surface area (Å²) < 4.78 is 6.84. The van der Waals surface area contributed by atoms with E-state index in [9.17, 15) is 9.59 Å². The lowest BCUT2D eigenvalue weighted by Gasteiger charge is -2.05. The fraction of sp³-hybridized carbons (Fsp3) is 0.167. The summed E-state index contributed by atoms with van der Waals surface area (Å²) in [6, 6.07) is 7.17. The zero-order chi connectivity index (χ0) is 13.3. The third kappa shape index (κ3) is 2.24. The maximum absolute atomic E-state index is 12.0. The molecule has 0 saturated heterocycles. The molecule has 0 spiro atoms. The number of para-hydroxylation sites is 1. The molecule has 1 amide bonds. The fourth-order valence-corrected chi connectivity index (χ4v) is 1.93. The summed E-state index contributed by atoms with van der Waals surface area (Å²) in [7, 11) is 1.58. The molecule has 1 N–H and O–H groups in total. The molecule has 0 saturated carbocycles. The lowest BCUT2D eigenvalue weighted by molar-refractivity contribution is 0.102. The molecule has 1 heterocycles. The normalized spacial score (nSPS) is 10.4. The molecule has 0 radical (unpaired) electrons. The molecule has 0 atom stereocenters. The summed E-state index contributed by atoms with van der Waals surface area (Å²) in [4.78, 5) is 23.5. The number of nitrogens with one attached hydrogen (secondary N) is 1. The molecule has 0 bridgehead atoms. The molecule has 0 unspecified atom stereocenters. The van der Waals surface area contributed by atoms with Crippen LogP contribution in [0, 0.1) is 6.92 Å². The van der Waals surface area contributed by atoms with Gasteiger partial charge in [0, 0.05) is 11.5 Å². The summed E-state index contributed by atoms with van der Waals surface area (Å²) >= 11 is 3.32. The van der Waals surface area contributed by atoms with Gasteiger partial charge in [-0.05, 0) is 35.0 Å². The number of rotatable bonds is 2. The van der Waals surface area contributed by atoms with Crippen molar-refractivity contribution in [3.05, 3.63) is 50.4 Å². The average molecular weight is 311 g/mol. The monoisotopic (exact) mass is 310 g/mol. The van der Waals surface area contributed by atoms with Crippen LogP contribution in [0.4, 0.5) is 5.69 Å². The Labute approximate surface area is 111 Å². The van der Waals surface area contributed by atoms with E-state index in [4.69, 9.17) is 4.52 Å². The highest BCUT2D eigenvalue weighted by Gasteiger charge is 2.20. The molecule has 6 heteroatoms. The summed E-state index contributed by atoms with van der Waals surface area (Å²) in [5.41, 5.74) is 0.475. The molecule has 94 valence electrons. The van der Waals surface area contributed by atoms with E-state index in [1.54, 1.807) is 32.2 Å². The van der Waals surface area contributed by atoms with Crippen molar-refractivity contribution >= 4 is 27.5 Å². The molecule has 0 aliphatic heterocycles. The summed E-state index contributed by atoms with van der Waals surface area (Å²) in [5, 5.41) is 2.66. The molecule has 0 fully saturated rings. The molecule has 5 nitrogen and oxygen atoms in total. The molecule has 1 aromatic heterocycles. The number of benzene rings is 1. The van der Waals surface area contributed by atoms with E-state index in [2.05, 4.69) is 21.2 Å². The first-order valence-corrected chi connectivity index (χ1v) is 6.03. The van der Waals surface area contributed by atoms with E-state index >= 15 is 0 Å². The first-order chi connectivity index (χ1) is 8.50. The minimum Gasteiger partial charge on any atom is -0.336 e. The lowest BCUT2D eigenvalue weighted by atomic mass is 10.2. The van der Waals surface area contributed by atoms with Crippen LogP contribution in [-0.4, -0.2) is 10.6 Å². The molecular formula is C12H11BrN2O3. The fourth-order valence-electron chi connectivity index (χ4n) is 1.55. The van der Waals surface area contributed by atoms with Crippen LogP contribution >= 0.6 is 15.9 Å². The van der Waals surface area contributed by atoms with Crippen LogP contribution in [0.15, 0.2) is 38.1 Å². The van der Waals surface area contributed by atoms with Gasteiger partial charge in [0.1, 0.15) is 5.56 Å². The summed E-state index contributed by atoms with van der Waals surface area (Å²) in [6.45, 7) is 1.65. The van der Waals surface area contributed by atoms with E-state index < -0.39 is 11.5 Å². The van der Waals surface area contributed by atoms with E-state index in [0.717, 1.165) is 4.47 Å². The van der Waals surface area contributed by atoms with Gasteiger partial charge in [0.05, 0.1) is 11.4 Å².